The van der Waals surface area contributed by atoms with E-state index in [9.17, 15) is 8.78 Å². The van der Waals surface area contributed by atoms with E-state index >= 15 is 0 Å². The smallest absolute Gasteiger partial charge is 0.261 e. The van der Waals surface area contributed by atoms with Gasteiger partial charge in [0.2, 0.25) is 0 Å². The van der Waals surface area contributed by atoms with Crippen molar-refractivity contribution in [3.63, 3.8) is 0 Å². The summed E-state index contributed by atoms with van der Waals surface area (Å²) in [5.41, 5.74) is 0. The molecule has 1 unspecified atom stereocenters. The van der Waals surface area contributed by atoms with Gasteiger partial charge in [-0.2, -0.15) is 0 Å². The molecule has 0 aliphatic rings. The summed E-state index contributed by atoms with van der Waals surface area (Å²) >= 11 is 1.70. The first-order chi connectivity index (χ1) is 7.74. The second kappa shape index (κ2) is 7.70. The zero-order chi connectivity index (χ0) is 11.8. The van der Waals surface area contributed by atoms with E-state index in [0.717, 1.165) is 6.42 Å². The third-order valence-corrected chi connectivity index (χ3v) is 3.16. The van der Waals surface area contributed by atoms with Gasteiger partial charge in [0.05, 0.1) is 6.61 Å². The molecule has 2 nitrogen and oxygen atoms in total. The summed E-state index contributed by atoms with van der Waals surface area (Å²) < 4.78 is 28.3. The maximum absolute atomic E-state index is 11.8. The van der Waals surface area contributed by atoms with Gasteiger partial charge in [-0.05, 0) is 17.9 Å². The lowest BCUT2D eigenvalue weighted by Gasteiger charge is -2.15. The van der Waals surface area contributed by atoms with E-state index in [1.54, 1.807) is 11.3 Å². The molecule has 0 aromatic carbocycles. The van der Waals surface area contributed by atoms with Crippen LogP contribution in [0.2, 0.25) is 0 Å². The topological polar surface area (TPSA) is 21.3 Å². The highest BCUT2D eigenvalue weighted by molar-refractivity contribution is 7.10. The van der Waals surface area contributed by atoms with Crippen LogP contribution in [0.5, 0.6) is 0 Å². The molecule has 0 spiro atoms. The molecule has 0 saturated carbocycles. The first-order valence-corrected chi connectivity index (χ1v) is 6.24. The Morgan fingerprint density at radius 2 is 2.31 bits per heavy atom. The van der Waals surface area contributed by atoms with Gasteiger partial charge < -0.3 is 10.1 Å². The molecule has 1 rings (SSSR count). The summed E-state index contributed by atoms with van der Waals surface area (Å²) in [4.78, 5) is 1.27. The summed E-state index contributed by atoms with van der Waals surface area (Å²) in [5, 5.41) is 5.32. The molecular formula is C11H17F2NOS. The van der Waals surface area contributed by atoms with E-state index in [1.807, 2.05) is 11.4 Å². The van der Waals surface area contributed by atoms with Crippen molar-refractivity contribution in [2.75, 3.05) is 19.8 Å². The first kappa shape index (κ1) is 13.5. The Balaban J connectivity index is 2.15. The van der Waals surface area contributed by atoms with Crippen molar-refractivity contribution in [1.82, 2.24) is 5.32 Å². The predicted molar refractivity (Wildman–Crippen MR) is 62.2 cm³/mol. The lowest BCUT2D eigenvalue weighted by atomic mass is 10.2. The molecule has 0 amide bonds. The van der Waals surface area contributed by atoms with Crippen molar-refractivity contribution in [3.05, 3.63) is 22.4 Å². The average Bonchev–Trinajstić information content (AvgIpc) is 2.76. The van der Waals surface area contributed by atoms with Crippen LogP contribution >= 0.6 is 11.3 Å². The molecular weight excluding hydrogens is 232 g/mol. The van der Waals surface area contributed by atoms with Gasteiger partial charge in [-0.3, -0.25) is 0 Å². The third-order valence-electron chi connectivity index (χ3n) is 2.18. The number of thiophene rings is 1. The summed E-state index contributed by atoms with van der Waals surface area (Å²) in [5.74, 6) is 0. The summed E-state index contributed by atoms with van der Waals surface area (Å²) in [6.45, 7) is 2.55. The molecule has 1 aromatic rings. The Bertz CT molecular complexity index is 267. The molecule has 0 aliphatic carbocycles. The fourth-order valence-corrected chi connectivity index (χ4v) is 2.30. The second-order valence-electron chi connectivity index (χ2n) is 3.40. The summed E-state index contributed by atoms with van der Waals surface area (Å²) in [6.07, 6.45) is -1.39. The highest BCUT2D eigenvalue weighted by Crippen LogP contribution is 2.21. The normalized spacial score (nSPS) is 13.2. The lowest BCUT2D eigenvalue weighted by molar-refractivity contribution is 0.0182. The second-order valence-corrected chi connectivity index (χ2v) is 4.38. The van der Waals surface area contributed by atoms with E-state index in [1.165, 1.54) is 4.88 Å². The minimum atomic E-state index is -2.38. The van der Waals surface area contributed by atoms with Crippen LogP contribution in [0.15, 0.2) is 17.5 Å². The van der Waals surface area contributed by atoms with Crippen LogP contribution in [0.25, 0.3) is 0 Å². The molecule has 1 heterocycles. The van der Waals surface area contributed by atoms with Crippen molar-refractivity contribution in [3.8, 4) is 0 Å². The molecule has 0 fully saturated rings. The van der Waals surface area contributed by atoms with Crippen molar-refractivity contribution in [2.45, 2.75) is 25.8 Å². The fraction of sp³-hybridized carbons (Fsp3) is 0.636. The first-order valence-electron chi connectivity index (χ1n) is 5.36. The maximum Gasteiger partial charge on any atom is 0.261 e. The Morgan fingerprint density at radius 3 is 2.88 bits per heavy atom. The van der Waals surface area contributed by atoms with Gasteiger partial charge in [0, 0.05) is 17.5 Å². The van der Waals surface area contributed by atoms with Crippen molar-refractivity contribution in [2.24, 2.45) is 0 Å². The van der Waals surface area contributed by atoms with E-state index in [2.05, 4.69) is 18.3 Å². The SMILES string of the molecule is CCC(NCCOCC(F)F)c1cccs1. The highest BCUT2D eigenvalue weighted by Gasteiger charge is 2.09. The Hall–Kier alpha value is -0.520. The van der Waals surface area contributed by atoms with Crippen molar-refractivity contribution < 1.29 is 13.5 Å². The standard InChI is InChI=1S/C11H17F2NOS/c1-2-9(10-4-3-7-16-10)14-5-6-15-8-11(12)13/h3-4,7,9,11,14H,2,5-6,8H2,1H3. The number of hydrogen-bond donors (Lipinski definition) is 1. The van der Waals surface area contributed by atoms with Crippen molar-refractivity contribution >= 4 is 11.3 Å². The third kappa shape index (κ3) is 5.01. The van der Waals surface area contributed by atoms with Crippen LogP contribution in [0.3, 0.4) is 0 Å². The van der Waals surface area contributed by atoms with Crippen LogP contribution in [0.1, 0.15) is 24.3 Å². The number of hydrogen-bond acceptors (Lipinski definition) is 3. The number of nitrogens with one attached hydrogen (secondary N) is 1. The zero-order valence-electron chi connectivity index (χ0n) is 9.29. The van der Waals surface area contributed by atoms with Gasteiger partial charge in [-0.25, -0.2) is 8.78 Å². The molecule has 0 saturated heterocycles. The Morgan fingerprint density at radius 1 is 1.50 bits per heavy atom. The van der Waals surface area contributed by atoms with Gasteiger partial charge in [0.25, 0.3) is 6.43 Å². The molecule has 5 heteroatoms. The monoisotopic (exact) mass is 249 g/mol. The molecule has 16 heavy (non-hydrogen) atoms. The Labute approximate surface area is 98.6 Å². The number of alkyl halides is 2. The van der Waals surface area contributed by atoms with Crippen LogP contribution in [0, 0.1) is 0 Å². The van der Waals surface area contributed by atoms with Gasteiger partial charge in [-0.15, -0.1) is 11.3 Å². The van der Waals surface area contributed by atoms with Crippen LogP contribution in [-0.2, 0) is 4.74 Å². The van der Waals surface area contributed by atoms with Gasteiger partial charge in [-0.1, -0.05) is 13.0 Å². The molecule has 0 radical (unpaired) electrons. The molecule has 0 aliphatic heterocycles. The molecule has 92 valence electrons. The minimum Gasteiger partial charge on any atom is -0.374 e. The van der Waals surface area contributed by atoms with Crippen LogP contribution < -0.4 is 5.32 Å². The minimum absolute atomic E-state index is 0.301. The van der Waals surface area contributed by atoms with Gasteiger partial charge >= 0.3 is 0 Å². The number of halogens is 2. The zero-order valence-corrected chi connectivity index (χ0v) is 10.1. The van der Waals surface area contributed by atoms with E-state index in [0.29, 0.717) is 19.2 Å². The lowest BCUT2D eigenvalue weighted by Crippen LogP contribution is -2.25. The largest absolute Gasteiger partial charge is 0.374 e. The van der Waals surface area contributed by atoms with Gasteiger partial charge in [0.1, 0.15) is 6.61 Å². The molecule has 1 aromatic heterocycles. The Kier molecular flexibility index (Phi) is 6.52. The van der Waals surface area contributed by atoms with E-state index in [-0.39, 0.29) is 0 Å². The highest BCUT2D eigenvalue weighted by atomic mass is 32.1. The quantitative estimate of drug-likeness (QED) is 0.715. The van der Waals surface area contributed by atoms with Crippen LogP contribution in [-0.4, -0.2) is 26.2 Å². The molecule has 1 atom stereocenters. The average molecular weight is 249 g/mol. The van der Waals surface area contributed by atoms with Crippen LogP contribution in [0.4, 0.5) is 8.78 Å². The predicted octanol–water partition coefficient (Wildman–Crippen LogP) is 3.07. The summed E-state index contributed by atoms with van der Waals surface area (Å²) in [6, 6.07) is 4.39. The van der Waals surface area contributed by atoms with Gasteiger partial charge in [0.15, 0.2) is 0 Å². The van der Waals surface area contributed by atoms with E-state index < -0.39 is 13.0 Å². The fourth-order valence-electron chi connectivity index (χ4n) is 1.41. The molecule has 1 N–H and O–H groups in total. The maximum atomic E-state index is 11.8. The summed E-state index contributed by atoms with van der Waals surface area (Å²) in [7, 11) is 0. The molecule has 0 bridgehead atoms. The van der Waals surface area contributed by atoms with E-state index in [4.69, 9.17) is 4.74 Å². The van der Waals surface area contributed by atoms with Crippen molar-refractivity contribution in [1.29, 1.82) is 0 Å². The number of ether oxygens (including phenoxy) is 1. The number of rotatable bonds is 8.